The van der Waals surface area contributed by atoms with E-state index in [-0.39, 0.29) is 5.75 Å². The molecule has 1 atom stereocenters. The van der Waals surface area contributed by atoms with Gasteiger partial charge in [-0.05, 0) is 52.4 Å². The second-order valence-corrected chi connectivity index (χ2v) is 7.24. The number of ether oxygens (including phenoxy) is 1. The molecule has 0 radical (unpaired) electrons. The zero-order valence-corrected chi connectivity index (χ0v) is 16.1. The third-order valence-electron chi connectivity index (χ3n) is 4.59. The molecule has 0 aliphatic carbocycles. The van der Waals surface area contributed by atoms with Crippen LogP contribution in [0.15, 0.2) is 78.4 Å². The van der Waals surface area contributed by atoms with Crippen molar-refractivity contribution in [3.8, 4) is 33.1 Å². The Morgan fingerprint density at radius 3 is 2.57 bits per heavy atom. The minimum Gasteiger partial charge on any atom is -0.508 e. The number of methoxy groups -OCH3 is 1. The van der Waals surface area contributed by atoms with Crippen molar-refractivity contribution in [2.45, 2.75) is 6.10 Å². The number of aromatic nitrogens is 1. The van der Waals surface area contributed by atoms with E-state index in [0.717, 1.165) is 32.9 Å². The number of thiophene rings is 1. The van der Waals surface area contributed by atoms with Crippen LogP contribution in [0.1, 0.15) is 17.2 Å². The lowest BCUT2D eigenvalue weighted by Gasteiger charge is -2.16. The molecular weight excluding hydrogens is 370 g/mol. The maximum atomic E-state index is 11.2. The summed E-state index contributed by atoms with van der Waals surface area (Å²) in [6.07, 6.45) is 2.51. The molecule has 4 aromatic rings. The normalized spacial score (nSPS) is 11.9. The number of hydrogen-bond donors (Lipinski definition) is 2. The average molecular weight is 389 g/mol. The molecule has 0 saturated heterocycles. The first-order chi connectivity index (χ1) is 13.7. The number of pyridine rings is 1. The van der Waals surface area contributed by atoms with Crippen molar-refractivity contribution in [1.82, 2.24) is 4.98 Å². The van der Waals surface area contributed by atoms with Crippen molar-refractivity contribution in [2.24, 2.45) is 0 Å². The fourth-order valence-electron chi connectivity index (χ4n) is 3.23. The van der Waals surface area contributed by atoms with Gasteiger partial charge in [0.05, 0.1) is 7.11 Å². The molecule has 2 aromatic carbocycles. The molecule has 0 bridgehead atoms. The molecule has 4 rings (SSSR count). The van der Waals surface area contributed by atoms with Crippen molar-refractivity contribution in [3.63, 3.8) is 0 Å². The van der Waals surface area contributed by atoms with Gasteiger partial charge in [0.15, 0.2) is 0 Å². The van der Waals surface area contributed by atoms with Gasteiger partial charge >= 0.3 is 0 Å². The van der Waals surface area contributed by atoms with Crippen LogP contribution in [0.4, 0.5) is 0 Å². The highest BCUT2D eigenvalue weighted by Crippen LogP contribution is 2.44. The Morgan fingerprint density at radius 2 is 1.82 bits per heavy atom. The molecule has 140 valence electrons. The Balaban J connectivity index is 1.92. The standard InChI is InChI=1S/C23H19NO3S/c1-27-19-9-3-5-15(12-19)20-14-28-23(16-6-2-8-18(25)11-16)21(20)22(26)17-7-4-10-24-13-17/h2-14,22,25-26H,1H3. The van der Waals surface area contributed by atoms with Crippen molar-refractivity contribution in [3.05, 3.63) is 89.6 Å². The van der Waals surface area contributed by atoms with Gasteiger partial charge in [0, 0.05) is 28.4 Å². The lowest BCUT2D eigenvalue weighted by atomic mass is 9.93. The highest BCUT2D eigenvalue weighted by atomic mass is 32.1. The van der Waals surface area contributed by atoms with Crippen LogP contribution in [-0.4, -0.2) is 22.3 Å². The number of benzene rings is 2. The topological polar surface area (TPSA) is 62.6 Å². The predicted octanol–water partition coefficient (Wildman–Crippen LogP) is 5.27. The van der Waals surface area contributed by atoms with Gasteiger partial charge in [0.25, 0.3) is 0 Å². The van der Waals surface area contributed by atoms with Gasteiger partial charge in [-0.1, -0.05) is 30.3 Å². The zero-order valence-electron chi connectivity index (χ0n) is 15.2. The van der Waals surface area contributed by atoms with E-state index in [2.05, 4.69) is 4.98 Å². The number of rotatable bonds is 5. The van der Waals surface area contributed by atoms with Crippen LogP contribution in [0.3, 0.4) is 0 Å². The third-order valence-corrected chi connectivity index (χ3v) is 5.64. The quantitative estimate of drug-likeness (QED) is 0.488. The van der Waals surface area contributed by atoms with E-state index in [1.54, 1.807) is 37.7 Å². The summed E-state index contributed by atoms with van der Waals surface area (Å²) in [7, 11) is 1.64. The first-order valence-electron chi connectivity index (χ1n) is 8.80. The average Bonchev–Trinajstić information content (AvgIpc) is 3.19. The Bertz CT molecular complexity index is 1090. The van der Waals surface area contributed by atoms with Gasteiger partial charge in [0.1, 0.15) is 17.6 Å². The number of aromatic hydroxyl groups is 1. The van der Waals surface area contributed by atoms with Gasteiger partial charge in [0.2, 0.25) is 0 Å². The van der Waals surface area contributed by atoms with E-state index in [1.165, 1.54) is 11.3 Å². The minimum absolute atomic E-state index is 0.190. The largest absolute Gasteiger partial charge is 0.508 e. The molecule has 28 heavy (non-hydrogen) atoms. The summed E-state index contributed by atoms with van der Waals surface area (Å²) in [6.45, 7) is 0. The number of phenolic OH excluding ortho intramolecular Hbond substituents is 1. The van der Waals surface area contributed by atoms with E-state index in [1.807, 2.05) is 47.8 Å². The Hall–Kier alpha value is -3.15. The second kappa shape index (κ2) is 7.84. The molecule has 5 heteroatoms. The molecular formula is C23H19NO3S. The van der Waals surface area contributed by atoms with Gasteiger partial charge in [-0.3, -0.25) is 4.98 Å². The van der Waals surface area contributed by atoms with Crippen molar-refractivity contribution in [1.29, 1.82) is 0 Å². The smallest absolute Gasteiger partial charge is 0.119 e. The van der Waals surface area contributed by atoms with Crippen LogP contribution in [0.25, 0.3) is 21.6 Å². The highest BCUT2D eigenvalue weighted by Gasteiger charge is 2.23. The van der Waals surface area contributed by atoms with Crippen LogP contribution in [0, 0.1) is 0 Å². The van der Waals surface area contributed by atoms with Gasteiger partial charge in [-0.2, -0.15) is 0 Å². The summed E-state index contributed by atoms with van der Waals surface area (Å²) in [4.78, 5) is 5.05. The van der Waals surface area contributed by atoms with E-state index in [0.29, 0.717) is 5.56 Å². The molecule has 0 spiro atoms. The van der Waals surface area contributed by atoms with Crippen molar-refractivity contribution >= 4 is 11.3 Å². The number of hydrogen-bond acceptors (Lipinski definition) is 5. The lowest BCUT2D eigenvalue weighted by molar-refractivity contribution is 0.221. The molecule has 2 heterocycles. The molecule has 2 aromatic heterocycles. The Kier molecular flexibility index (Phi) is 5.10. The summed E-state index contributed by atoms with van der Waals surface area (Å²) in [5.41, 5.74) is 4.25. The van der Waals surface area contributed by atoms with Crippen LogP contribution in [0.5, 0.6) is 11.5 Å². The Morgan fingerprint density at radius 1 is 1.00 bits per heavy atom. The molecule has 4 nitrogen and oxygen atoms in total. The minimum atomic E-state index is -0.849. The van der Waals surface area contributed by atoms with E-state index >= 15 is 0 Å². The summed E-state index contributed by atoms with van der Waals surface area (Å²) in [6, 6.07) is 18.5. The van der Waals surface area contributed by atoms with Gasteiger partial charge in [-0.25, -0.2) is 0 Å². The van der Waals surface area contributed by atoms with E-state index < -0.39 is 6.10 Å². The predicted molar refractivity (Wildman–Crippen MR) is 112 cm³/mol. The monoisotopic (exact) mass is 389 g/mol. The fourth-order valence-corrected chi connectivity index (χ4v) is 4.34. The number of nitrogens with zero attached hydrogens (tertiary/aromatic N) is 1. The first-order valence-corrected chi connectivity index (χ1v) is 9.68. The maximum absolute atomic E-state index is 11.2. The van der Waals surface area contributed by atoms with Crippen LogP contribution >= 0.6 is 11.3 Å². The highest BCUT2D eigenvalue weighted by molar-refractivity contribution is 7.14. The Labute approximate surface area is 167 Å². The van der Waals surface area contributed by atoms with Gasteiger partial charge < -0.3 is 14.9 Å². The van der Waals surface area contributed by atoms with E-state index in [4.69, 9.17) is 4.74 Å². The van der Waals surface area contributed by atoms with Crippen molar-refractivity contribution in [2.75, 3.05) is 7.11 Å². The number of aliphatic hydroxyl groups excluding tert-OH is 1. The van der Waals surface area contributed by atoms with E-state index in [9.17, 15) is 10.2 Å². The maximum Gasteiger partial charge on any atom is 0.119 e. The summed E-state index contributed by atoms with van der Waals surface area (Å²) in [5.74, 6) is 0.945. The molecule has 0 amide bonds. The summed E-state index contributed by atoms with van der Waals surface area (Å²) < 4.78 is 5.37. The number of aliphatic hydroxyl groups is 1. The van der Waals surface area contributed by atoms with Crippen LogP contribution in [0.2, 0.25) is 0 Å². The van der Waals surface area contributed by atoms with Gasteiger partial charge in [-0.15, -0.1) is 11.3 Å². The molecule has 0 saturated carbocycles. The molecule has 1 unspecified atom stereocenters. The molecule has 0 fully saturated rings. The number of phenols is 1. The molecule has 0 aliphatic rings. The molecule has 2 N–H and O–H groups in total. The first kappa shape index (κ1) is 18.2. The van der Waals surface area contributed by atoms with Crippen molar-refractivity contribution < 1.29 is 14.9 Å². The second-order valence-electron chi connectivity index (χ2n) is 6.36. The van der Waals surface area contributed by atoms with Crippen LogP contribution in [-0.2, 0) is 0 Å². The van der Waals surface area contributed by atoms with Crippen LogP contribution < -0.4 is 4.74 Å². The summed E-state index contributed by atoms with van der Waals surface area (Å²) >= 11 is 1.54. The third kappa shape index (κ3) is 3.50. The zero-order chi connectivity index (χ0) is 19.5. The SMILES string of the molecule is COc1cccc(-c2csc(-c3cccc(O)c3)c2C(O)c2cccnc2)c1. The summed E-state index contributed by atoms with van der Waals surface area (Å²) in [5, 5.41) is 23.2. The molecule has 0 aliphatic heterocycles. The lowest BCUT2D eigenvalue weighted by Crippen LogP contribution is -2.02. The fraction of sp³-hybridized carbons (Fsp3) is 0.0870.